The molecule has 4 heteroatoms. The maximum Gasteiger partial charge on any atom is 0.254 e. The van der Waals surface area contributed by atoms with E-state index in [9.17, 15) is 4.79 Å². The summed E-state index contributed by atoms with van der Waals surface area (Å²) in [6.07, 6.45) is 1.19. The molecule has 0 saturated carbocycles. The molecule has 1 aliphatic heterocycles. The molecule has 2 rings (SSSR count). The van der Waals surface area contributed by atoms with Gasteiger partial charge in [-0.1, -0.05) is 13.8 Å². The van der Waals surface area contributed by atoms with E-state index in [0.717, 1.165) is 13.1 Å². The van der Waals surface area contributed by atoms with E-state index in [1.54, 1.807) is 32.4 Å². The number of hydrogen-bond acceptors (Lipinski definition) is 3. The van der Waals surface area contributed by atoms with Crippen molar-refractivity contribution in [2.45, 2.75) is 20.3 Å². The van der Waals surface area contributed by atoms with E-state index in [2.05, 4.69) is 13.8 Å². The van der Waals surface area contributed by atoms with Crippen molar-refractivity contribution in [3.63, 3.8) is 0 Å². The fraction of sp³-hybridized carbons (Fsp3) is 0.562. The van der Waals surface area contributed by atoms with E-state index in [0.29, 0.717) is 28.9 Å². The summed E-state index contributed by atoms with van der Waals surface area (Å²) in [5.41, 5.74) is 0.627. The maximum atomic E-state index is 12.6. The van der Waals surface area contributed by atoms with Crippen LogP contribution < -0.4 is 9.47 Å². The first-order chi connectivity index (χ1) is 9.53. The Morgan fingerprint density at radius 1 is 1.05 bits per heavy atom. The van der Waals surface area contributed by atoms with Crippen LogP contribution in [-0.4, -0.2) is 38.1 Å². The molecule has 1 aliphatic rings. The molecule has 0 bridgehead atoms. The molecule has 4 nitrogen and oxygen atoms in total. The van der Waals surface area contributed by atoms with Gasteiger partial charge in [0.25, 0.3) is 5.91 Å². The van der Waals surface area contributed by atoms with Crippen molar-refractivity contribution in [3.05, 3.63) is 23.8 Å². The summed E-state index contributed by atoms with van der Waals surface area (Å²) in [5.74, 6) is 2.45. The van der Waals surface area contributed by atoms with Gasteiger partial charge in [0, 0.05) is 24.7 Å². The van der Waals surface area contributed by atoms with Crippen molar-refractivity contribution in [3.8, 4) is 11.5 Å². The second-order valence-electron chi connectivity index (χ2n) is 5.76. The van der Waals surface area contributed by atoms with Gasteiger partial charge in [0.15, 0.2) is 0 Å². The highest BCUT2D eigenvalue weighted by molar-refractivity contribution is 5.95. The van der Waals surface area contributed by atoms with Gasteiger partial charge in [0.05, 0.1) is 14.2 Å². The van der Waals surface area contributed by atoms with Crippen molar-refractivity contribution in [1.29, 1.82) is 0 Å². The lowest BCUT2D eigenvalue weighted by molar-refractivity contribution is 0.0622. The number of methoxy groups -OCH3 is 2. The number of rotatable bonds is 3. The van der Waals surface area contributed by atoms with Gasteiger partial charge in [-0.2, -0.15) is 0 Å². The number of ether oxygens (including phenoxy) is 2. The van der Waals surface area contributed by atoms with Crippen LogP contribution in [0.2, 0.25) is 0 Å². The minimum atomic E-state index is 0.0561. The maximum absolute atomic E-state index is 12.6. The smallest absolute Gasteiger partial charge is 0.254 e. The van der Waals surface area contributed by atoms with E-state index in [4.69, 9.17) is 9.47 Å². The van der Waals surface area contributed by atoms with Gasteiger partial charge in [0.2, 0.25) is 0 Å². The highest BCUT2D eigenvalue weighted by Gasteiger charge is 2.26. The Bertz CT molecular complexity index is 454. The van der Waals surface area contributed by atoms with E-state index in [1.807, 2.05) is 4.90 Å². The Kier molecular flexibility index (Phi) is 4.53. The third-order valence-corrected chi connectivity index (χ3v) is 3.75. The van der Waals surface area contributed by atoms with Crippen LogP contribution in [-0.2, 0) is 0 Å². The number of likely N-dealkylation sites (tertiary alicyclic amines) is 1. The van der Waals surface area contributed by atoms with Gasteiger partial charge in [0.1, 0.15) is 11.5 Å². The molecule has 2 atom stereocenters. The number of piperidine rings is 1. The highest BCUT2D eigenvalue weighted by atomic mass is 16.5. The Balaban J connectivity index is 2.23. The average Bonchev–Trinajstić information content (AvgIpc) is 2.44. The molecule has 1 saturated heterocycles. The minimum Gasteiger partial charge on any atom is -0.497 e. The predicted octanol–water partition coefficient (Wildman–Crippen LogP) is 2.82. The molecular weight excluding hydrogens is 254 g/mol. The molecule has 0 N–H and O–H groups in total. The first kappa shape index (κ1) is 14.7. The summed E-state index contributed by atoms with van der Waals surface area (Å²) in [5, 5.41) is 0. The third kappa shape index (κ3) is 3.24. The van der Waals surface area contributed by atoms with Gasteiger partial charge >= 0.3 is 0 Å². The first-order valence-corrected chi connectivity index (χ1v) is 7.05. The normalized spacial score (nSPS) is 22.5. The van der Waals surface area contributed by atoms with Gasteiger partial charge < -0.3 is 14.4 Å². The largest absolute Gasteiger partial charge is 0.497 e. The van der Waals surface area contributed by atoms with E-state index in [1.165, 1.54) is 6.42 Å². The predicted molar refractivity (Wildman–Crippen MR) is 78.4 cm³/mol. The molecule has 20 heavy (non-hydrogen) atoms. The zero-order valence-electron chi connectivity index (χ0n) is 12.7. The topological polar surface area (TPSA) is 38.8 Å². The summed E-state index contributed by atoms with van der Waals surface area (Å²) >= 11 is 0. The SMILES string of the molecule is COc1cc(OC)cc(C(=O)N2C[C@@H](C)C[C@H](C)C2)c1. The first-order valence-electron chi connectivity index (χ1n) is 7.05. The Morgan fingerprint density at radius 2 is 1.55 bits per heavy atom. The summed E-state index contributed by atoms with van der Waals surface area (Å²) in [6, 6.07) is 5.32. The molecule has 1 amide bonds. The van der Waals surface area contributed by atoms with E-state index < -0.39 is 0 Å². The Labute approximate surface area is 120 Å². The van der Waals surface area contributed by atoms with Crippen molar-refractivity contribution in [1.82, 2.24) is 4.90 Å². The summed E-state index contributed by atoms with van der Waals surface area (Å²) in [6.45, 7) is 6.04. The number of carbonyl (C=O) groups is 1. The number of amides is 1. The van der Waals surface area contributed by atoms with Crippen LogP contribution in [0.25, 0.3) is 0 Å². The van der Waals surface area contributed by atoms with Crippen molar-refractivity contribution in [2.24, 2.45) is 11.8 Å². The van der Waals surface area contributed by atoms with Crippen LogP contribution in [0.15, 0.2) is 18.2 Å². The zero-order valence-corrected chi connectivity index (χ0v) is 12.7. The molecule has 0 aromatic heterocycles. The summed E-state index contributed by atoms with van der Waals surface area (Å²) < 4.78 is 10.5. The van der Waals surface area contributed by atoms with Crippen LogP contribution >= 0.6 is 0 Å². The van der Waals surface area contributed by atoms with Crippen molar-refractivity contribution >= 4 is 5.91 Å². The second-order valence-corrected chi connectivity index (χ2v) is 5.76. The van der Waals surface area contributed by atoms with Crippen LogP contribution in [0.1, 0.15) is 30.6 Å². The quantitative estimate of drug-likeness (QED) is 0.852. The lowest BCUT2D eigenvalue weighted by Crippen LogP contribution is -2.42. The second kappa shape index (κ2) is 6.16. The van der Waals surface area contributed by atoms with Gasteiger partial charge in [-0.3, -0.25) is 4.79 Å². The monoisotopic (exact) mass is 277 g/mol. The van der Waals surface area contributed by atoms with Crippen LogP contribution in [0, 0.1) is 11.8 Å². The third-order valence-electron chi connectivity index (χ3n) is 3.75. The molecule has 1 fully saturated rings. The van der Waals surface area contributed by atoms with E-state index >= 15 is 0 Å². The van der Waals surface area contributed by atoms with Crippen LogP contribution in [0.3, 0.4) is 0 Å². The molecule has 0 unspecified atom stereocenters. The molecule has 0 radical (unpaired) electrons. The molecule has 1 aromatic rings. The minimum absolute atomic E-state index is 0.0561. The van der Waals surface area contributed by atoms with Crippen molar-refractivity contribution in [2.75, 3.05) is 27.3 Å². The lowest BCUT2D eigenvalue weighted by Gasteiger charge is -2.35. The van der Waals surface area contributed by atoms with E-state index in [-0.39, 0.29) is 5.91 Å². The average molecular weight is 277 g/mol. The summed E-state index contributed by atoms with van der Waals surface area (Å²) in [7, 11) is 3.18. The van der Waals surface area contributed by atoms with Crippen LogP contribution in [0.5, 0.6) is 11.5 Å². The Morgan fingerprint density at radius 3 is 2.00 bits per heavy atom. The van der Waals surface area contributed by atoms with Crippen LogP contribution in [0.4, 0.5) is 0 Å². The van der Waals surface area contributed by atoms with Gasteiger partial charge in [-0.05, 0) is 30.4 Å². The number of nitrogens with zero attached hydrogens (tertiary/aromatic N) is 1. The van der Waals surface area contributed by atoms with Crippen molar-refractivity contribution < 1.29 is 14.3 Å². The fourth-order valence-electron chi connectivity index (χ4n) is 2.94. The number of benzene rings is 1. The molecule has 0 aliphatic carbocycles. The molecular formula is C16H23NO3. The summed E-state index contributed by atoms with van der Waals surface area (Å²) in [4.78, 5) is 14.6. The molecule has 0 spiro atoms. The molecule has 1 heterocycles. The van der Waals surface area contributed by atoms with Gasteiger partial charge in [-0.25, -0.2) is 0 Å². The Hall–Kier alpha value is -1.71. The highest BCUT2D eigenvalue weighted by Crippen LogP contribution is 2.26. The number of carbonyl (C=O) groups excluding carboxylic acids is 1. The zero-order chi connectivity index (χ0) is 14.7. The van der Waals surface area contributed by atoms with Gasteiger partial charge in [-0.15, -0.1) is 0 Å². The molecule has 1 aromatic carbocycles. The number of hydrogen-bond donors (Lipinski definition) is 0. The standard InChI is InChI=1S/C16H23NO3/c1-11-5-12(2)10-17(9-11)16(18)13-6-14(19-3)8-15(7-13)20-4/h6-8,11-12H,5,9-10H2,1-4H3/t11-,12-/m0/s1. The molecule has 110 valence electrons. The lowest BCUT2D eigenvalue weighted by atomic mass is 9.91. The fourth-order valence-corrected chi connectivity index (χ4v) is 2.94.